The van der Waals surface area contributed by atoms with Gasteiger partial charge >= 0.3 is 5.97 Å². The first kappa shape index (κ1) is 22.0. The van der Waals surface area contributed by atoms with Gasteiger partial charge in [-0.2, -0.15) is 10.2 Å². The summed E-state index contributed by atoms with van der Waals surface area (Å²) in [6.45, 7) is 6.32. The number of ether oxygens (including phenoxy) is 1. The van der Waals surface area contributed by atoms with E-state index in [0.717, 1.165) is 16.9 Å². The third-order valence-corrected chi connectivity index (χ3v) is 5.20. The molecule has 168 valence electrons. The van der Waals surface area contributed by atoms with Gasteiger partial charge in [-0.05, 0) is 50.6 Å². The summed E-state index contributed by atoms with van der Waals surface area (Å²) in [6, 6.07) is 18.8. The molecular formula is C25H25N5O3. The number of rotatable bonds is 7. The highest BCUT2D eigenvalue weighted by Gasteiger charge is 2.17. The van der Waals surface area contributed by atoms with Crippen molar-refractivity contribution in [3.63, 3.8) is 0 Å². The number of benzene rings is 2. The van der Waals surface area contributed by atoms with Crippen LogP contribution in [0.5, 0.6) is 0 Å². The summed E-state index contributed by atoms with van der Waals surface area (Å²) in [5.74, 6) is -0.00718. The molecule has 33 heavy (non-hydrogen) atoms. The van der Waals surface area contributed by atoms with Gasteiger partial charge in [0.1, 0.15) is 11.4 Å². The molecule has 4 rings (SSSR count). The third kappa shape index (κ3) is 4.85. The second kappa shape index (κ2) is 9.52. The van der Waals surface area contributed by atoms with Crippen LogP contribution in [0.4, 0.5) is 5.82 Å². The normalized spacial score (nSPS) is 10.8. The molecule has 0 bridgehead atoms. The number of hydrogen-bond donors (Lipinski definition) is 1. The van der Waals surface area contributed by atoms with E-state index in [1.54, 1.807) is 47.5 Å². The van der Waals surface area contributed by atoms with Crippen molar-refractivity contribution in [2.24, 2.45) is 0 Å². The molecule has 0 unspecified atom stereocenters. The number of carbonyl (C=O) groups excluding carboxylic acids is 2. The molecule has 1 amide bonds. The summed E-state index contributed by atoms with van der Waals surface area (Å²) < 4.78 is 8.49. The summed E-state index contributed by atoms with van der Waals surface area (Å²) in [5.41, 5.74) is 4.25. The van der Waals surface area contributed by atoms with E-state index < -0.39 is 5.97 Å². The molecule has 0 aliphatic rings. The fourth-order valence-corrected chi connectivity index (χ4v) is 3.54. The molecule has 0 atom stereocenters. The summed E-state index contributed by atoms with van der Waals surface area (Å²) in [6.07, 6.45) is 1.49. The van der Waals surface area contributed by atoms with E-state index in [-0.39, 0.29) is 5.91 Å². The molecule has 0 aliphatic carbocycles. The van der Waals surface area contributed by atoms with E-state index in [0.29, 0.717) is 35.8 Å². The molecule has 2 aromatic carbocycles. The highest BCUT2D eigenvalue weighted by Crippen LogP contribution is 2.18. The Morgan fingerprint density at radius 1 is 1.03 bits per heavy atom. The maximum absolute atomic E-state index is 12.9. The van der Waals surface area contributed by atoms with Crippen LogP contribution in [0.1, 0.15) is 44.6 Å². The van der Waals surface area contributed by atoms with Crippen LogP contribution in [0.3, 0.4) is 0 Å². The lowest BCUT2D eigenvalue weighted by Gasteiger charge is -2.10. The molecule has 0 fully saturated rings. The molecule has 2 heterocycles. The monoisotopic (exact) mass is 443 g/mol. The third-order valence-electron chi connectivity index (χ3n) is 5.20. The lowest BCUT2D eigenvalue weighted by molar-refractivity contribution is 0.0525. The maximum Gasteiger partial charge on any atom is 0.341 e. The van der Waals surface area contributed by atoms with Gasteiger partial charge in [0.2, 0.25) is 0 Å². The zero-order valence-electron chi connectivity index (χ0n) is 18.8. The topological polar surface area (TPSA) is 91.0 Å². The van der Waals surface area contributed by atoms with Crippen LogP contribution in [0.15, 0.2) is 66.9 Å². The molecule has 1 N–H and O–H groups in total. The van der Waals surface area contributed by atoms with Gasteiger partial charge in [-0.15, -0.1) is 0 Å². The molecule has 8 nitrogen and oxygen atoms in total. The van der Waals surface area contributed by atoms with Crippen LogP contribution in [0, 0.1) is 13.8 Å². The number of carbonyl (C=O) groups is 2. The number of aryl methyl sites for hydroxylation is 1. The number of hydrogen-bond acceptors (Lipinski definition) is 5. The molecule has 0 aliphatic heterocycles. The first-order valence-electron chi connectivity index (χ1n) is 10.7. The minimum Gasteiger partial charge on any atom is -0.462 e. The second-order valence-corrected chi connectivity index (χ2v) is 7.59. The molecule has 0 spiro atoms. The predicted octanol–water partition coefficient (Wildman–Crippen LogP) is 4.16. The van der Waals surface area contributed by atoms with E-state index in [1.807, 2.05) is 43.3 Å². The van der Waals surface area contributed by atoms with E-state index in [9.17, 15) is 9.59 Å². The van der Waals surface area contributed by atoms with Gasteiger partial charge in [0.05, 0.1) is 36.4 Å². The quantitative estimate of drug-likeness (QED) is 0.433. The Labute approximate surface area is 191 Å². The first-order valence-corrected chi connectivity index (χ1v) is 10.7. The number of aromatic nitrogens is 4. The fraction of sp³-hybridized carbons (Fsp3) is 0.200. The summed E-state index contributed by atoms with van der Waals surface area (Å²) in [5, 5.41) is 11.7. The van der Waals surface area contributed by atoms with Crippen LogP contribution < -0.4 is 5.32 Å². The van der Waals surface area contributed by atoms with Crippen LogP contribution in [-0.2, 0) is 11.3 Å². The van der Waals surface area contributed by atoms with Gasteiger partial charge < -0.3 is 10.1 Å². The Bertz CT molecular complexity index is 1270. The minimum atomic E-state index is -0.403. The van der Waals surface area contributed by atoms with Crippen LogP contribution in [0.25, 0.3) is 5.69 Å². The molecule has 8 heteroatoms. The van der Waals surface area contributed by atoms with Gasteiger partial charge in [-0.1, -0.05) is 30.3 Å². The van der Waals surface area contributed by atoms with Gasteiger partial charge in [0.25, 0.3) is 5.91 Å². The van der Waals surface area contributed by atoms with Crippen molar-refractivity contribution < 1.29 is 14.3 Å². The lowest BCUT2D eigenvalue weighted by Crippen LogP contribution is -2.16. The van der Waals surface area contributed by atoms with E-state index in [2.05, 4.69) is 15.5 Å². The Hall–Kier alpha value is -4.20. The van der Waals surface area contributed by atoms with Gasteiger partial charge in [-0.3, -0.25) is 4.79 Å². The van der Waals surface area contributed by atoms with Crippen molar-refractivity contribution in [3.05, 3.63) is 94.9 Å². The molecule has 0 saturated carbocycles. The summed E-state index contributed by atoms with van der Waals surface area (Å²) in [7, 11) is 0. The van der Waals surface area contributed by atoms with Crippen molar-refractivity contribution in [1.82, 2.24) is 19.6 Å². The minimum absolute atomic E-state index is 0.236. The van der Waals surface area contributed by atoms with Crippen molar-refractivity contribution in [3.8, 4) is 5.69 Å². The standard InChI is InChI=1S/C25H25N5O3/c1-4-33-25(32)22-15-26-30(18(22)3)21-12-10-20(11-13-21)24(31)27-23-14-17(2)28-29(23)16-19-8-6-5-7-9-19/h5-15H,4,16H2,1-3H3,(H,27,31). The van der Waals surface area contributed by atoms with Gasteiger partial charge in [0, 0.05) is 11.6 Å². The first-order chi connectivity index (χ1) is 16.0. The van der Waals surface area contributed by atoms with Gasteiger partial charge in [-0.25, -0.2) is 14.2 Å². The van der Waals surface area contributed by atoms with Crippen molar-refractivity contribution in [2.45, 2.75) is 27.3 Å². The van der Waals surface area contributed by atoms with Crippen molar-refractivity contribution in [2.75, 3.05) is 11.9 Å². The molecule has 4 aromatic rings. The Kier molecular flexibility index (Phi) is 6.35. The average molecular weight is 444 g/mol. The zero-order chi connectivity index (χ0) is 23.4. The maximum atomic E-state index is 12.9. The highest BCUT2D eigenvalue weighted by atomic mass is 16.5. The Morgan fingerprint density at radius 3 is 2.45 bits per heavy atom. The number of esters is 1. The molecule has 0 radical (unpaired) electrons. The van der Waals surface area contributed by atoms with Crippen molar-refractivity contribution >= 4 is 17.7 Å². The Balaban J connectivity index is 1.50. The smallest absolute Gasteiger partial charge is 0.341 e. The SMILES string of the molecule is CCOC(=O)c1cnn(-c2ccc(C(=O)Nc3cc(C)nn3Cc3ccccc3)cc2)c1C. The molecular weight excluding hydrogens is 418 g/mol. The zero-order valence-corrected chi connectivity index (χ0v) is 18.8. The highest BCUT2D eigenvalue weighted by molar-refractivity contribution is 6.04. The van der Waals surface area contributed by atoms with Crippen molar-refractivity contribution in [1.29, 1.82) is 0 Å². The average Bonchev–Trinajstić information content (AvgIpc) is 3.36. The fourth-order valence-electron chi connectivity index (χ4n) is 3.54. The van der Waals surface area contributed by atoms with Gasteiger partial charge in [0.15, 0.2) is 0 Å². The Morgan fingerprint density at radius 2 is 1.76 bits per heavy atom. The predicted molar refractivity (Wildman–Crippen MR) is 125 cm³/mol. The number of nitrogens with zero attached hydrogens (tertiary/aromatic N) is 4. The summed E-state index contributed by atoms with van der Waals surface area (Å²) in [4.78, 5) is 24.9. The number of amides is 1. The van der Waals surface area contributed by atoms with E-state index in [4.69, 9.17) is 4.74 Å². The van der Waals surface area contributed by atoms with Crippen LogP contribution in [-0.4, -0.2) is 38.0 Å². The molecule has 2 aromatic heterocycles. The number of nitrogens with one attached hydrogen (secondary N) is 1. The largest absolute Gasteiger partial charge is 0.462 e. The van der Waals surface area contributed by atoms with Crippen LogP contribution in [0.2, 0.25) is 0 Å². The van der Waals surface area contributed by atoms with E-state index in [1.165, 1.54) is 6.20 Å². The van der Waals surface area contributed by atoms with E-state index >= 15 is 0 Å². The molecule has 0 saturated heterocycles. The second-order valence-electron chi connectivity index (χ2n) is 7.59. The lowest BCUT2D eigenvalue weighted by atomic mass is 10.2. The van der Waals surface area contributed by atoms with Crippen LogP contribution >= 0.6 is 0 Å². The summed E-state index contributed by atoms with van der Waals surface area (Å²) >= 11 is 0. The number of anilines is 1.